The molecule has 2 aromatic rings. The molecule has 4 amide bonds. The summed E-state index contributed by atoms with van der Waals surface area (Å²) >= 11 is 0. The monoisotopic (exact) mass is 428 g/mol. The smallest absolute Gasteiger partial charge is 0.325 e. The number of urea groups is 1. The van der Waals surface area contributed by atoms with E-state index in [9.17, 15) is 18.8 Å². The van der Waals surface area contributed by atoms with Crippen LogP contribution in [0.3, 0.4) is 0 Å². The summed E-state index contributed by atoms with van der Waals surface area (Å²) in [5.74, 6) is 0.320. The lowest BCUT2D eigenvalue weighted by Crippen LogP contribution is -2.44. The number of oxazole rings is 1. The standard InChI is InChI=1S/C22H25FN4O4/c23-16-6-4-15(5-7-16)17-14-25-19(31-17)9-8-18(28)24-12-3-13-27-20(29)22(26-21(27)30)10-1-2-11-22/h4-7,14H,1-3,8-13H2,(H,24,28)(H,26,30). The number of aryl methyl sites for hydroxylation is 1. The highest BCUT2D eigenvalue weighted by atomic mass is 19.1. The van der Waals surface area contributed by atoms with Gasteiger partial charge in [0.2, 0.25) is 5.91 Å². The summed E-state index contributed by atoms with van der Waals surface area (Å²) in [6.45, 7) is 0.656. The molecule has 1 saturated carbocycles. The molecule has 2 aliphatic rings. The van der Waals surface area contributed by atoms with Gasteiger partial charge in [-0.2, -0.15) is 0 Å². The molecule has 2 heterocycles. The molecular formula is C22H25FN4O4. The van der Waals surface area contributed by atoms with Crippen LogP contribution in [-0.2, 0) is 16.0 Å². The van der Waals surface area contributed by atoms with E-state index in [-0.39, 0.29) is 36.6 Å². The number of nitrogens with one attached hydrogen (secondary N) is 2. The van der Waals surface area contributed by atoms with Crippen LogP contribution in [0.1, 0.15) is 44.4 Å². The largest absolute Gasteiger partial charge is 0.441 e. The summed E-state index contributed by atoms with van der Waals surface area (Å²) in [4.78, 5) is 42.2. The maximum atomic E-state index is 13.0. The first-order chi connectivity index (χ1) is 15.0. The van der Waals surface area contributed by atoms with E-state index in [4.69, 9.17) is 4.42 Å². The molecule has 0 radical (unpaired) electrons. The molecule has 1 spiro atoms. The molecule has 2 N–H and O–H groups in total. The summed E-state index contributed by atoms with van der Waals surface area (Å²) in [5, 5.41) is 5.64. The lowest BCUT2D eigenvalue weighted by atomic mass is 9.98. The minimum Gasteiger partial charge on any atom is -0.441 e. The van der Waals surface area contributed by atoms with E-state index in [0.29, 0.717) is 49.4 Å². The second kappa shape index (κ2) is 8.87. The maximum Gasteiger partial charge on any atom is 0.325 e. The van der Waals surface area contributed by atoms with Crippen molar-refractivity contribution in [3.8, 4) is 11.3 Å². The van der Waals surface area contributed by atoms with Gasteiger partial charge in [0.05, 0.1) is 6.20 Å². The molecule has 9 heteroatoms. The fourth-order valence-corrected chi connectivity index (χ4v) is 4.14. The Labute approximate surface area is 179 Å². The van der Waals surface area contributed by atoms with Crippen molar-refractivity contribution in [1.29, 1.82) is 0 Å². The number of amides is 4. The van der Waals surface area contributed by atoms with Crippen LogP contribution in [0.5, 0.6) is 0 Å². The average molecular weight is 428 g/mol. The van der Waals surface area contributed by atoms with E-state index < -0.39 is 5.54 Å². The van der Waals surface area contributed by atoms with Crippen LogP contribution in [0.4, 0.5) is 9.18 Å². The first-order valence-corrected chi connectivity index (χ1v) is 10.6. The van der Waals surface area contributed by atoms with Crippen LogP contribution >= 0.6 is 0 Å². The topological polar surface area (TPSA) is 105 Å². The third-order valence-corrected chi connectivity index (χ3v) is 5.83. The summed E-state index contributed by atoms with van der Waals surface area (Å²) in [6, 6.07) is 5.56. The lowest BCUT2D eigenvalue weighted by Gasteiger charge is -2.20. The number of halogens is 1. The van der Waals surface area contributed by atoms with Gasteiger partial charge in [0.15, 0.2) is 11.7 Å². The lowest BCUT2D eigenvalue weighted by molar-refractivity contribution is -0.131. The highest BCUT2D eigenvalue weighted by Crippen LogP contribution is 2.35. The molecule has 8 nitrogen and oxygen atoms in total. The van der Waals surface area contributed by atoms with E-state index in [1.54, 1.807) is 18.3 Å². The Morgan fingerprint density at radius 1 is 1.23 bits per heavy atom. The van der Waals surface area contributed by atoms with Crippen molar-refractivity contribution < 1.29 is 23.2 Å². The number of carbonyl (C=O) groups is 3. The zero-order valence-corrected chi connectivity index (χ0v) is 17.2. The molecule has 2 fully saturated rings. The first-order valence-electron chi connectivity index (χ1n) is 10.6. The summed E-state index contributed by atoms with van der Waals surface area (Å²) < 4.78 is 18.6. The fourth-order valence-electron chi connectivity index (χ4n) is 4.14. The van der Waals surface area contributed by atoms with Gasteiger partial charge in [-0.05, 0) is 43.5 Å². The van der Waals surface area contributed by atoms with Gasteiger partial charge in [0.25, 0.3) is 5.91 Å². The number of hydrogen-bond acceptors (Lipinski definition) is 5. The van der Waals surface area contributed by atoms with Crippen LogP contribution in [0.2, 0.25) is 0 Å². The minimum atomic E-state index is -0.691. The number of nitrogens with zero attached hydrogens (tertiary/aromatic N) is 2. The SMILES string of the molecule is O=C(CCc1ncc(-c2ccc(F)cc2)o1)NCCCN1C(=O)NC2(CCCC2)C1=O. The second-order valence-corrected chi connectivity index (χ2v) is 8.00. The molecule has 1 saturated heterocycles. The molecule has 0 atom stereocenters. The van der Waals surface area contributed by atoms with Crippen molar-refractivity contribution in [3.63, 3.8) is 0 Å². The number of hydrogen-bond donors (Lipinski definition) is 2. The predicted molar refractivity (Wildman–Crippen MR) is 109 cm³/mol. The molecule has 0 bridgehead atoms. The molecular weight excluding hydrogens is 403 g/mol. The second-order valence-electron chi connectivity index (χ2n) is 8.00. The van der Waals surface area contributed by atoms with Crippen molar-refractivity contribution >= 4 is 17.8 Å². The molecule has 1 aromatic carbocycles. The van der Waals surface area contributed by atoms with Gasteiger partial charge in [0.1, 0.15) is 11.4 Å². The third-order valence-electron chi connectivity index (χ3n) is 5.83. The highest BCUT2D eigenvalue weighted by Gasteiger charge is 2.51. The van der Waals surface area contributed by atoms with Crippen LogP contribution < -0.4 is 10.6 Å². The van der Waals surface area contributed by atoms with Crippen molar-refractivity contribution in [2.24, 2.45) is 0 Å². The van der Waals surface area contributed by atoms with E-state index in [2.05, 4.69) is 15.6 Å². The molecule has 4 rings (SSSR count). The number of rotatable bonds is 8. The van der Waals surface area contributed by atoms with Gasteiger partial charge in [-0.25, -0.2) is 14.2 Å². The molecule has 1 aromatic heterocycles. The Morgan fingerprint density at radius 3 is 2.71 bits per heavy atom. The van der Waals surface area contributed by atoms with E-state index in [0.717, 1.165) is 12.8 Å². The Bertz CT molecular complexity index is 966. The van der Waals surface area contributed by atoms with Gasteiger partial charge < -0.3 is 15.1 Å². The minimum absolute atomic E-state index is 0.137. The molecule has 31 heavy (non-hydrogen) atoms. The van der Waals surface area contributed by atoms with Gasteiger partial charge in [-0.1, -0.05) is 12.8 Å². The molecule has 1 aliphatic heterocycles. The Kier molecular flexibility index (Phi) is 6.01. The average Bonchev–Trinajstić information content (AvgIpc) is 3.47. The molecule has 164 valence electrons. The number of carbonyl (C=O) groups excluding carboxylic acids is 3. The van der Waals surface area contributed by atoms with Crippen LogP contribution in [0.25, 0.3) is 11.3 Å². The highest BCUT2D eigenvalue weighted by molar-refractivity contribution is 6.07. The van der Waals surface area contributed by atoms with E-state index in [1.807, 2.05) is 0 Å². The Balaban J connectivity index is 1.17. The van der Waals surface area contributed by atoms with Crippen LogP contribution in [0, 0.1) is 5.82 Å². The number of benzene rings is 1. The van der Waals surface area contributed by atoms with Gasteiger partial charge >= 0.3 is 6.03 Å². The van der Waals surface area contributed by atoms with Crippen molar-refractivity contribution in [2.75, 3.05) is 13.1 Å². The van der Waals surface area contributed by atoms with Crippen LogP contribution in [0.15, 0.2) is 34.9 Å². The molecule has 1 aliphatic carbocycles. The van der Waals surface area contributed by atoms with Crippen molar-refractivity contribution in [2.45, 2.75) is 50.5 Å². The predicted octanol–water partition coefficient (Wildman–Crippen LogP) is 2.78. The van der Waals surface area contributed by atoms with Gasteiger partial charge in [0, 0.05) is 31.5 Å². The van der Waals surface area contributed by atoms with Crippen LogP contribution in [-0.4, -0.2) is 46.4 Å². The van der Waals surface area contributed by atoms with Gasteiger partial charge in [-0.3, -0.25) is 14.5 Å². The summed E-state index contributed by atoms with van der Waals surface area (Å²) in [5.41, 5.74) is 0.0212. The van der Waals surface area contributed by atoms with Gasteiger partial charge in [-0.15, -0.1) is 0 Å². The number of aromatic nitrogens is 1. The quantitative estimate of drug-likeness (QED) is 0.497. The van der Waals surface area contributed by atoms with Crippen molar-refractivity contribution in [1.82, 2.24) is 20.5 Å². The number of imide groups is 1. The maximum absolute atomic E-state index is 13.0. The molecule has 0 unspecified atom stereocenters. The zero-order valence-electron chi connectivity index (χ0n) is 17.2. The Hall–Kier alpha value is -3.23. The first kappa shape index (κ1) is 21.0. The third kappa shape index (κ3) is 4.60. The Morgan fingerprint density at radius 2 is 1.97 bits per heavy atom. The van der Waals surface area contributed by atoms with E-state index >= 15 is 0 Å². The zero-order chi connectivity index (χ0) is 21.8. The fraction of sp³-hybridized carbons (Fsp3) is 0.455. The normalized spacial score (nSPS) is 17.4. The van der Waals surface area contributed by atoms with Crippen molar-refractivity contribution in [3.05, 3.63) is 42.2 Å². The summed E-state index contributed by atoms with van der Waals surface area (Å²) in [6.07, 6.45) is 5.89. The summed E-state index contributed by atoms with van der Waals surface area (Å²) in [7, 11) is 0. The van der Waals surface area contributed by atoms with E-state index in [1.165, 1.54) is 17.0 Å².